The fourth-order valence-corrected chi connectivity index (χ4v) is 4.03. The number of benzene rings is 2. The van der Waals surface area contributed by atoms with Crippen molar-refractivity contribution in [3.05, 3.63) is 46.6 Å². The van der Waals surface area contributed by atoms with Gasteiger partial charge < -0.3 is 60.1 Å². The fourth-order valence-electron chi connectivity index (χ4n) is 4.03. The summed E-state index contributed by atoms with van der Waals surface area (Å²) in [6, 6.07) is 7.54. The molecule has 1 fully saturated rings. The first-order valence-corrected chi connectivity index (χ1v) is 10.7. The molecule has 2 heterocycles. The Balaban J connectivity index is 1.81. The Bertz CT molecular complexity index is 1400. The molecule has 2 aromatic carbocycles. The van der Waals surface area contributed by atoms with E-state index in [1.54, 1.807) is 0 Å². The van der Waals surface area contributed by atoms with Crippen molar-refractivity contribution in [2.75, 3.05) is 13.6 Å². The number of aromatic hydroxyl groups is 3. The second kappa shape index (κ2) is 9.19. The van der Waals surface area contributed by atoms with Crippen molar-refractivity contribution >= 4 is 16.9 Å². The van der Waals surface area contributed by atoms with Crippen molar-refractivity contribution in [1.29, 1.82) is 0 Å². The molecule has 198 valence electrons. The number of phenolic OH excluding ortho intramolecular Hbond substituents is 3. The first kappa shape index (κ1) is 26.2. The van der Waals surface area contributed by atoms with E-state index in [2.05, 4.69) is 5.32 Å². The Hall–Kier alpha value is -3.92. The number of fused-ring (bicyclic) bond motifs is 1. The molecule has 0 radical (unpaired) electrons. The van der Waals surface area contributed by atoms with Crippen molar-refractivity contribution < 1.29 is 59.5 Å². The van der Waals surface area contributed by atoms with E-state index >= 15 is 0 Å². The lowest BCUT2D eigenvalue weighted by atomic mass is 9.83. The van der Waals surface area contributed by atoms with Gasteiger partial charge in [-0.3, -0.25) is 4.79 Å². The van der Waals surface area contributed by atoms with Gasteiger partial charge in [0.15, 0.2) is 29.1 Å². The van der Waals surface area contributed by atoms with Crippen LogP contribution in [0.5, 0.6) is 23.0 Å². The fraction of sp³-hybridized carbons (Fsp3) is 0.304. The van der Waals surface area contributed by atoms with E-state index < -0.39 is 70.5 Å². The highest BCUT2D eigenvalue weighted by Gasteiger charge is 2.66. The van der Waals surface area contributed by atoms with E-state index in [0.29, 0.717) is 5.56 Å². The summed E-state index contributed by atoms with van der Waals surface area (Å²) in [5.74, 6) is -8.04. The summed E-state index contributed by atoms with van der Waals surface area (Å²) in [6.07, 6.45) is -7.25. The Labute approximate surface area is 206 Å². The maximum atomic E-state index is 12.7. The van der Waals surface area contributed by atoms with Gasteiger partial charge in [0, 0.05) is 24.2 Å². The Morgan fingerprint density at radius 2 is 1.73 bits per heavy atom. The summed E-state index contributed by atoms with van der Waals surface area (Å²) in [5, 5.41) is 83.3. The highest BCUT2D eigenvalue weighted by molar-refractivity contribution is 5.89. The SMILES string of the molecule is CNC[C@@]1(C(=O)O)O[C@@H](Oc2cc3oc(-c4ccc(O)cc4)cc(=O)c3c(O)c2O)[C@H](O)C(O)(O)[C@@H]1O. The van der Waals surface area contributed by atoms with Crippen molar-refractivity contribution in [2.45, 2.75) is 29.9 Å². The molecule has 9 N–H and O–H groups in total. The molecule has 14 nitrogen and oxygen atoms in total. The minimum Gasteiger partial charge on any atom is -0.508 e. The van der Waals surface area contributed by atoms with Gasteiger partial charge in [0.2, 0.25) is 23.4 Å². The molecule has 3 aromatic rings. The zero-order valence-corrected chi connectivity index (χ0v) is 19.0. The highest BCUT2D eigenvalue weighted by atomic mass is 16.7. The van der Waals surface area contributed by atoms with Gasteiger partial charge >= 0.3 is 5.97 Å². The van der Waals surface area contributed by atoms with Crippen LogP contribution in [0.2, 0.25) is 0 Å². The smallest absolute Gasteiger partial charge is 0.340 e. The van der Waals surface area contributed by atoms with Gasteiger partial charge in [-0.15, -0.1) is 0 Å². The largest absolute Gasteiger partial charge is 0.508 e. The number of phenols is 3. The molecule has 0 aliphatic carbocycles. The van der Waals surface area contributed by atoms with Crippen LogP contribution in [0.25, 0.3) is 22.3 Å². The van der Waals surface area contributed by atoms with E-state index in [-0.39, 0.29) is 17.1 Å². The minimum absolute atomic E-state index is 0.00857. The predicted molar refractivity (Wildman–Crippen MR) is 122 cm³/mol. The Kier molecular flexibility index (Phi) is 6.49. The number of hydrogen-bond acceptors (Lipinski definition) is 13. The van der Waals surface area contributed by atoms with E-state index in [1.165, 1.54) is 31.3 Å². The molecule has 0 bridgehead atoms. The molecule has 1 saturated heterocycles. The molecule has 0 spiro atoms. The molecule has 0 saturated carbocycles. The number of likely N-dealkylation sites (N-methyl/N-ethyl adjacent to an activating group) is 1. The van der Waals surface area contributed by atoms with Crippen LogP contribution in [0.4, 0.5) is 0 Å². The maximum absolute atomic E-state index is 12.7. The van der Waals surface area contributed by atoms with E-state index in [9.17, 15) is 50.4 Å². The van der Waals surface area contributed by atoms with E-state index in [4.69, 9.17) is 13.9 Å². The molecule has 0 amide bonds. The zero-order valence-electron chi connectivity index (χ0n) is 19.0. The van der Waals surface area contributed by atoms with Crippen LogP contribution in [0.3, 0.4) is 0 Å². The average Bonchev–Trinajstić information content (AvgIpc) is 2.84. The van der Waals surface area contributed by atoms with Crippen molar-refractivity contribution in [2.24, 2.45) is 0 Å². The number of nitrogens with one attached hydrogen (secondary N) is 1. The maximum Gasteiger partial charge on any atom is 0.340 e. The molecule has 4 rings (SSSR count). The van der Waals surface area contributed by atoms with Crippen LogP contribution in [-0.2, 0) is 9.53 Å². The van der Waals surface area contributed by atoms with Gasteiger partial charge in [-0.2, -0.15) is 0 Å². The number of aliphatic carboxylic acids is 1. The topological polar surface area (TPSA) is 240 Å². The van der Waals surface area contributed by atoms with Crippen molar-refractivity contribution in [3.63, 3.8) is 0 Å². The number of ether oxygens (including phenoxy) is 2. The third-order valence-corrected chi connectivity index (χ3v) is 5.99. The van der Waals surface area contributed by atoms with Crippen LogP contribution in [0.15, 0.2) is 45.6 Å². The summed E-state index contributed by atoms with van der Waals surface area (Å²) in [7, 11) is 1.29. The summed E-state index contributed by atoms with van der Waals surface area (Å²) in [6.45, 7) is -0.668. The minimum atomic E-state index is -3.45. The molecule has 4 atom stereocenters. The summed E-state index contributed by atoms with van der Waals surface area (Å²) in [5.41, 5.74) is -3.43. The first-order chi connectivity index (χ1) is 17.3. The summed E-state index contributed by atoms with van der Waals surface area (Å²) >= 11 is 0. The number of aliphatic hydroxyl groups is 4. The highest BCUT2D eigenvalue weighted by Crippen LogP contribution is 2.44. The lowest BCUT2D eigenvalue weighted by molar-refractivity contribution is -0.391. The second-order valence-electron chi connectivity index (χ2n) is 8.43. The summed E-state index contributed by atoms with van der Waals surface area (Å²) in [4.78, 5) is 24.6. The second-order valence-corrected chi connectivity index (χ2v) is 8.43. The number of carbonyl (C=O) groups is 1. The molecule has 1 aliphatic rings. The van der Waals surface area contributed by atoms with Crippen LogP contribution >= 0.6 is 0 Å². The van der Waals surface area contributed by atoms with Gasteiger partial charge in [-0.25, -0.2) is 4.79 Å². The summed E-state index contributed by atoms with van der Waals surface area (Å²) < 4.78 is 16.2. The molecular weight excluding hydrogens is 498 g/mol. The quantitative estimate of drug-likeness (QED) is 0.136. The normalized spacial score (nSPS) is 25.2. The third kappa shape index (κ3) is 4.21. The molecular formula is C23H23NO13. The van der Waals surface area contributed by atoms with Gasteiger partial charge in [0.1, 0.15) is 22.5 Å². The average molecular weight is 521 g/mol. The standard InChI is InChI=1S/C23H23NO13/c1-24-8-22(21(31)32)20(30)23(33,34)18(29)19(37-22)36-14-7-13-15(17(28)16(14)27)11(26)6-12(35-13)9-2-4-10(25)5-3-9/h2-7,18-20,24-25,27-30,33-34H,8H2,1H3,(H,31,32)/t18-,19+,20+,22+/m0/s1. The van der Waals surface area contributed by atoms with Crippen molar-refractivity contribution in [1.82, 2.24) is 5.32 Å². The molecule has 37 heavy (non-hydrogen) atoms. The number of carboxylic acids is 1. The lowest BCUT2D eigenvalue weighted by Crippen LogP contribution is -2.76. The van der Waals surface area contributed by atoms with Gasteiger partial charge in [-0.05, 0) is 31.3 Å². The van der Waals surface area contributed by atoms with Gasteiger partial charge in [-0.1, -0.05) is 0 Å². The number of rotatable bonds is 6. The van der Waals surface area contributed by atoms with E-state index in [1.807, 2.05) is 0 Å². The van der Waals surface area contributed by atoms with Crippen LogP contribution < -0.4 is 15.5 Å². The predicted octanol–water partition coefficient (Wildman–Crippen LogP) is -1.24. The zero-order chi connectivity index (χ0) is 27.3. The molecule has 0 unspecified atom stereocenters. The third-order valence-electron chi connectivity index (χ3n) is 5.99. The molecule has 1 aromatic heterocycles. The van der Waals surface area contributed by atoms with Gasteiger partial charge in [0.25, 0.3) is 0 Å². The molecule has 14 heteroatoms. The van der Waals surface area contributed by atoms with Gasteiger partial charge in [0.05, 0.1) is 0 Å². The number of carboxylic acid groups (broad SMARTS) is 1. The van der Waals surface area contributed by atoms with E-state index in [0.717, 1.165) is 12.1 Å². The van der Waals surface area contributed by atoms with Crippen molar-refractivity contribution in [3.8, 4) is 34.3 Å². The lowest BCUT2D eigenvalue weighted by Gasteiger charge is -2.49. The van der Waals surface area contributed by atoms with Crippen LogP contribution in [0, 0.1) is 0 Å². The Morgan fingerprint density at radius 1 is 1.08 bits per heavy atom. The number of hydrogen-bond donors (Lipinski definition) is 9. The molecule has 1 aliphatic heterocycles. The van der Waals surface area contributed by atoms with Crippen LogP contribution in [-0.4, -0.2) is 90.3 Å². The monoisotopic (exact) mass is 521 g/mol. The van der Waals surface area contributed by atoms with Crippen LogP contribution in [0.1, 0.15) is 0 Å². The Morgan fingerprint density at radius 3 is 2.32 bits per heavy atom. The number of aliphatic hydroxyl groups excluding tert-OH is 2. The first-order valence-electron chi connectivity index (χ1n) is 10.7.